The molecule has 6 heteroatoms. The minimum atomic E-state index is -3.24. The predicted octanol–water partition coefficient (Wildman–Crippen LogP) is 2.43. The van der Waals surface area contributed by atoms with E-state index in [2.05, 4.69) is 23.9 Å². The molecule has 1 aromatic carbocycles. The molecule has 20 heavy (non-hydrogen) atoms. The van der Waals surface area contributed by atoms with Crippen molar-refractivity contribution < 1.29 is 13.2 Å². The van der Waals surface area contributed by atoms with Crippen LogP contribution in [0.3, 0.4) is 0 Å². The van der Waals surface area contributed by atoms with Crippen molar-refractivity contribution >= 4 is 21.4 Å². The van der Waals surface area contributed by atoms with Crippen LogP contribution in [0.15, 0.2) is 24.3 Å². The van der Waals surface area contributed by atoms with Crippen LogP contribution in [0.5, 0.6) is 0 Å². The SMILES string of the molecule is CC1(C)CC(Nc2cccc(NS(C)(=O)=O)c2)CCO1. The summed E-state index contributed by atoms with van der Waals surface area (Å²) in [7, 11) is -3.24. The lowest BCUT2D eigenvalue weighted by molar-refractivity contribution is -0.0553. The van der Waals surface area contributed by atoms with Gasteiger partial charge in [-0.1, -0.05) is 6.07 Å². The number of nitrogens with one attached hydrogen (secondary N) is 2. The number of benzene rings is 1. The molecule has 1 saturated heterocycles. The first-order chi connectivity index (χ1) is 9.23. The largest absolute Gasteiger partial charge is 0.382 e. The number of sulfonamides is 1. The summed E-state index contributed by atoms with van der Waals surface area (Å²) in [5.74, 6) is 0. The molecule has 1 unspecified atom stereocenters. The molecule has 5 nitrogen and oxygen atoms in total. The van der Waals surface area contributed by atoms with Crippen LogP contribution in [0.2, 0.25) is 0 Å². The molecule has 0 amide bonds. The van der Waals surface area contributed by atoms with Gasteiger partial charge in [-0.05, 0) is 44.9 Å². The minimum absolute atomic E-state index is 0.113. The Kier molecular flexibility index (Phi) is 4.25. The van der Waals surface area contributed by atoms with Gasteiger partial charge in [-0.25, -0.2) is 8.42 Å². The van der Waals surface area contributed by atoms with E-state index in [1.807, 2.05) is 18.2 Å². The van der Waals surface area contributed by atoms with Crippen molar-refractivity contribution in [2.45, 2.75) is 38.3 Å². The molecule has 0 bridgehead atoms. The smallest absolute Gasteiger partial charge is 0.229 e. The molecule has 1 fully saturated rings. The van der Waals surface area contributed by atoms with Crippen molar-refractivity contribution in [3.8, 4) is 0 Å². The second kappa shape index (κ2) is 5.61. The van der Waals surface area contributed by atoms with Crippen LogP contribution in [-0.2, 0) is 14.8 Å². The van der Waals surface area contributed by atoms with Gasteiger partial charge in [0.15, 0.2) is 0 Å². The van der Waals surface area contributed by atoms with Gasteiger partial charge >= 0.3 is 0 Å². The molecule has 1 heterocycles. The Morgan fingerprint density at radius 3 is 2.65 bits per heavy atom. The highest BCUT2D eigenvalue weighted by atomic mass is 32.2. The topological polar surface area (TPSA) is 67.4 Å². The van der Waals surface area contributed by atoms with E-state index in [1.165, 1.54) is 0 Å². The Morgan fingerprint density at radius 1 is 1.30 bits per heavy atom. The summed E-state index contributed by atoms with van der Waals surface area (Å²) in [5.41, 5.74) is 1.38. The van der Waals surface area contributed by atoms with Gasteiger partial charge in [0.25, 0.3) is 0 Å². The average molecular weight is 298 g/mol. The van der Waals surface area contributed by atoms with Gasteiger partial charge in [0.05, 0.1) is 17.5 Å². The highest BCUT2D eigenvalue weighted by Gasteiger charge is 2.28. The highest BCUT2D eigenvalue weighted by molar-refractivity contribution is 7.92. The predicted molar refractivity (Wildman–Crippen MR) is 81.6 cm³/mol. The van der Waals surface area contributed by atoms with Gasteiger partial charge in [-0.15, -0.1) is 0 Å². The average Bonchev–Trinajstić information content (AvgIpc) is 2.25. The second-order valence-electron chi connectivity index (χ2n) is 5.90. The maximum absolute atomic E-state index is 11.2. The maximum Gasteiger partial charge on any atom is 0.229 e. The van der Waals surface area contributed by atoms with E-state index in [-0.39, 0.29) is 5.60 Å². The quantitative estimate of drug-likeness (QED) is 0.896. The molecule has 2 N–H and O–H groups in total. The minimum Gasteiger partial charge on any atom is -0.382 e. The van der Waals surface area contributed by atoms with Gasteiger partial charge in [0, 0.05) is 18.3 Å². The molecule has 2 rings (SSSR count). The van der Waals surface area contributed by atoms with Crippen LogP contribution < -0.4 is 10.0 Å². The Labute approximate surface area is 120 Å². The van der Waals surface area contributed by atoms with Gasteiger partial charge in [0.1, 0.15) is 0 Å². The molecule has 0 spiro atoms. The van der Waals surface area contributed by atoms with Crippen molar-refractivity contribution in [2.24, 2.45) is 0 Å². The first-order valence-electron chi connectivity index (χ1n) is 6.72. The molecular formula is C14H22N2O3S. The standard InChI is InChI=1S/C14H22N2O3S/c1-14(2)10-13(7-8-19-14)15-11-5-4-6-12(9-11)16-20(3,17)18/h4-6,9,13,15-16H,7-8,10H2,1-3H3. The number of ether oxygens (including phenoxy) is 1. The summed E-state index contributed by atoms with van der Waals surface area (Å²) >= 11 is 0. The third-order valence-corrected chi connectivity index (χ3v) is 3.84. The lowest BCUT2D eigenvalue weighted by atomic mass is 9.94. The summed E-state index contributed by atoms with van der Waals surface area (Å²) in [5, 5.41) is 3.45. The molecular weight excluding hydrogens is 276 g/mol. The van der Waals surface area contributed by atoms with Crippen LogP contribution in [0.25, 0.3) is 0 Å². The summed E-state index contributed by atoms with van der Waals surface area (Å²) in [6.45, 7) is 4.91. The van der Waals surface area contributed by atoms with Crippen molar-refractivity contribution in [1.29, 1.82) is 0 Å². The molecule has 112 valence electrons. The van der Waals surface area contributed by atoms with E-state index >= 15 is 0 Å². The Morgan fingerprint density at radius 2 is 2.00 bits per heavy atom. The summed E-state index contributed by atoms with van der Waals surface area (Å²) in [6, 6.07) is 7.66. The van der Waals surface area contributed by atoms with Crippen LogP contribution in [0.1, 0.15) is 26.7 Å². The third-order valence-electron chi connectivity index (χ3n) is 3.23. The van der Waals surface area contributed by atoms with Crippen molar-refractivity contribution in [3.63, 3.8) is 0 Å². The van der Waals surface area contributed by atoms with E-state index in [0.29, 0.717) is 11.7 Å². The molecule has 0 aliphatic carbocycles. The molecule has 0 saturated carbocycles. The van der Waals surface area contributed by atoms with Crippen molar-refractivity contribution in [3.05, 3.63) is 24.3 Å². The Hall–Kier alpha value is -1.27. The van der Waals surface area contributed by atoms with E-state index < -0.39 is 10.0 Å². The number of rotatable bonds is 4. The highest BCUT2D eigenvalue weighted by Crippen LogP contribution is 2.27. The normalized spacial score (nSPS) is 22.2. The molecule has 0 aromatic heterocycles. The fraction of sp³-hybridized carbons (Fsp3) is 0.571. The van der Waals surface area contributed by atoms with Crippen LogP contribution in [0.4, 0.5) is 11.4 Å². The van der Waals surface area contributed by atoms with E-state index in [0.717, 1.165) is 31.4 Å². The van der Waals surface area contributed by atoms with Crippen molar-refractivity contribution in [1.82, 2.24) is 0 Å². The van der Waals surface area contributed by atoms with Crippen molar-refractivity contribution in [2.75, 3.05) is 22.9 Å². The van der Waals surface area contributed by atoms with E-state index in [1.54, 1.807) is 6.07 Å². The van der Waals surface area contributed by atoms with Crippen LogP contribution in [-0.4, -0.2) is 32.9 Å². The molecule has 0 radical (unpaired) electrons. The van der Waals surface area contributed by atoms with E-state index in [9.17, 15) is 8.42 Å². The molecule has 1 atom stereocenters. The van der Waals surface area contributed by atoms with Crippen LogP contribution in [0, 0.1) is 0 Å². The fourth-order valence-corrected chi connectivity index (χ4v) is 3.03. The van der Waals surface area contributed by atoms with Gasteiger partial charge < -0.3 is 10.1 Å². The summed E-state index contributed by atoms with van der Waals surface area (Å²) < 4.78 is 30.7. The zero-order valence-electron chi connectivity index (χ0n) is 12.1. The lowest BCUT2D eigenvalue weighted by Gasteiger charge is -2.36. The number of hydrogen-bond acceptors (Lipinski definition) is 4. The summed E-state index contributed by atoms with van der Waals surface area (Å²) in [4.78, 5) is 0. The lowest BCUT2D eigenvalue weighted by Crippen LogP contribution is -2.40. The fourth-order valence-electron chi connectivity index (χ4n) is 2.48. The van der Waals surface area contributed by atoms with Gasteiger partial charge in [0.2, 0.25) is 10.0 Å². The number of anilines is 2. The summed E-state index contributed by atoms with van der Waals surface area (Å²) in [6.07, 6.45) is 3.03. The van der Waals surface area contributed by atoms with Gasteiger partial charge in [-0.3, -0.25) is 4.72 Å². The maximum atomic E-state index is 11.2. The second-order valence-corrected chi connectivity index (χ2v) is 7.65. The zero-order valence-corrected chi connectivity index (χ0v) is 13.0. The van der Waals surface area contributed by atoms with Gasteiger partial charge in [-0.2, -0.15) is 0 Å². The first kappa shape index (κ1) is 15.1. The third kappa shape index (κ3) is 4.68. The molecule has 1 aromatic rings. The monoisotopic (exact) mass is 298 g/mol. The first-order valence-corrected chi connectivity index (χ1v) is 8.61. The number of hydrogen-bond donors (Lipinski definition) is 2. The van der Waals surface area contributed by atoms with E-state index in [4.69, 9.17) is 4.74 Å². The zero-order chi connectivity index (χ0) is 14.8. The molecule has 1 aliphatic rings. The molecule has 1 aliphatic heterocycles. The van der Waals surface area contributed by atoms with Crippen LogP contribution >= 0.6 is 0 Å². The Balaban J connectivity index is 2.04. The Bertz CT molecular complexity index is 570.